The van der Waals surface area contributed by atoms with Gasteiger partial charge in [0, 0.05) is 10.9 Å². The van der Waals surface area contributed by atoms with E-state index in [4.69, 9.17) is 5.73 Å². The molecule has 1 heterocycles. The van der Waals surface area contributed by atoms with Gasteiger partial charge >= 0.3 is 0 Å². The van der Waals surface area contributed by atoms with Gasteiger partial charge in [-0.15, -0.1) is 11.8 Å². The van der Waals surface area contributed by atoms with Gasteiger partial charge in [0.2, 0.25) is 0 Å². The highest BCUT2D eigenvalue weighted by Crippen LogP contribution is 2.34. The third-order valence-corrected chi connectivity index (χ3v) is 2.59. The van der Waals surface area contributed by atoms with Crippen molar-refractivity contribution < 1.29 is 0 Å². The highest BCUT2D eigenvalue weighted by atomic mass is 32.2. The second-order valence-electron chi connectivity index (χ2n) is 4.11. The lowest BCUT2D eigenvalue weighted by Crippen LogP contribution is -2.08. The predicted molar refractivity (Wildman–Crippen MR) is 59.0 cm³/mol. The minimum absolute atomic E-state index is 0.184. The van der Waals surface area contributed by atoms with Gasteiger partial charge in [-0.1, -0.05) is 20.8 Å². The van der Waals surface area contributed by atoms with E-state index in [1.807, 2.05) is 6.92 Å². The van der Waals surface area contributed by atoms with Gasteiger partial charge in [0.15, 0.2) is 0 Å². The highest BCUT2D eigenvalue weighted by molar-refractivity contribution is 8.00. The lowest BCUT2D eigenvalue weighted by atomic mass is 10.3. The van der Waals surface area contributed by atoms with Crippen molar-refractivity contribution in [3.8, 4) is 0 Å². The Hall–Kier alpha value is -0.700. The number of pyridine rings is 1. The third kappa shape index (κ3) is 3.27. The third-order valence-electron chi connectivity index (χ3n) is 1.43. The molecule has 0 aromatic carbocycles. The van der Waals surface area contributed by atoms with E-state index in [2.05, 4.69) is 31.8 Å². The van der Waals surface area contributed by atoms with Crippen LogP contribution in [0, 0.1) is 6.92 Å². The van der Waals surface area contributed by atoms with Crippen LogP contribution in [0.15, 0.2) is 17.2 Å². The SMILES string of the molecule is Cc1cnc(N)c(SC(C)(C)C)c1. The number of aromatic nitrogens is 1. The van der Waals surface area contributed by atoms with Crippen LogP contribution in [0.4, 0.5) is 5.82 Å². The zero-order valence-electron chi connectivity index (χ0n) is 8.59. The van der Waals surface area contributed by atoms with E-state index < -0.39 is 0 Å². The standard InChI is InChI=1S/C10H16N2S/c1-7-5-8(9(11)12-6-7)13-10(2,3)4/h5-6H,1-4H3,(H2,11,12). The fraction of sp³-hybridized carbons (Fsp3) is 0.500. The molecule has 0 amide bonds. The number of nitrogen functional groups attached to an aromatic ring is 1. The Labute approximate surface area is 83.9 Å². The normalized spacial score (nSPS) is 11.7. The topological polar surface area (TPSA) is 38.9 Å². The summed E-state index contributed by atoms with van der Waals surface area (Å²) in [4.78, 5) is 5.20. The smallest absolute Gasteiger partial charge is 0.137 e. The molecular formula is C10H16N2S. The minimum Gasteiger partial charge on any atom is -0.383 e. The van der Waals surface area contributed by atoms with Gasteiger partial charge in [-0.3, -0.25) is 0 Å². The summed E-state index contributed by atoms with van der Waals surface area (Å²) in [5, 5.41) is 0. The van der Waals surface area contributed by atoms with Crippen LogP contribution in [0.2, 0.25) is 0 Å². The number of aryl methyl sites for hydroxylation is 1. The van der Waals surface area contributed by atoms with Crippen LogP contribution in [0.1, 0.15) is 26.3 Å². The van der Waals surface area contributed by atoms with Crippen molar-refractivity contribution in [3.63, 3.8) is 0 Å². The second kappa shape index (κ2) is 3.58. The maximum absolute atomic E-state index is 5.76. The summed E-state index contributed by atoms with van der Waals surface area (Å²) in [5.41, 5.74) is 6.92. The van der Waals surface area contributed by atoms with E-state index in [-0.39, 0.29) is 4.75 Å². The van der Waals surface area contributed by atoms with Crippen LogP contribution in [-0.2, 0) is 0 Å². The molecule has 0 bridgehead atoms. The molecule has 0 aliphatic carbocycles. The zero-order valence-corrected chi connectivity index (χ0v) is 9.40. The quantitative estimate of drug-likeness (QED) is 0.702. The van der Waals surface area contributed by atoms with Crippen LogP contribution in [0.25, 0.3) is 0 Å². The second-order valence-corrected chi connectivity index (χ2v) is 5.98. The number of nitrogens with zero attached hydrogens (tertiary/aromatic N) is 1. The average molecular weight is 196 g/mol. The molecule has 2 nitrogen and oxygen atoms in total. The molecule has 0 aliphatic heterocycles. The Morgan fingerprint density at radius 2 is 2.00 bits per heavy atom. The molecule has 1 rings (SSSR count). The van der Waals surface area contributed by atoms with E-state index in [1.165, 1.54) is 0 Å². The molecule has 0 radical (unpaired) electrons. The Kier molecular flexibility index (Phi) is 2.86. The molecule has 3 heteroatoms. The van der Waals surface area contributed by atoms with Gasteiger partial charge in [0.25, 0.3) is 0 Å². The molecular weight excluding hydrogens is 180 g/mol. The molecule has 0 spiro atoms. The fourth-order valence-electron chi connectivity index (χ4n) is 0.965. The Bertz CT molecular complexity index is 302. The molecule has 0 fully saturated rings. The number of thioether (sulfide) groups is 1. The van der Waals surface area contributed by atoms with E-state index in [1.54, 1.807) is 18.0 Å². The lowest BCUT2D eigenvalue weighted by molar-refractivity contribution is 0.802. The first-order chi connectivity index (χ1) is 5.88. The molecule has 13 heavy (non-hydrogen) atoms. The molecule has 72 valence electrons. The van der Waals surface area contributed by atoms with Gasteiger partial charge in [0.05, 0.1) is 4.90 Å². The number of rotatable bonds is 1. The van der Waals surface area contributed by atoms with Gasteiger partial charge in [-0.05, 0) is 18.6 Å². The molecule has 0 aliphatic rings. The van der Waals surface area contributed by atoms with Gasteiger partial charge < -0.3 is 5.73 Å². The number of hydrogen-bond donors (Lipinski definition) is 1. The molecule has 2 N–H and O–H groups in total. The Balaban J connectivity index is 2.94. The summed E-state index contributed by atoms with van der Waals surface area (Å²) in [5.74, 6) is 0.630. The average Bonchev–Trinajstić information content (AvgIpc) is 1.94. The number of hydrogen-bond acceptors (Lipinski definition) is 3. The molecule has 1 aromatic rings. The van der Waals surface area contributed by atoms with Crippen LogP contribution in [-0.4, -0.2) is 9.73 Å². The van der Waals surface area contributed by atoms with Crippen molar-refractivity contribution in [2.75, 3.05) is 5.73 Å². The minimum atomic E-state index is 0.184. The maximum Gasteiger partial charge on any atom is 0.137 e. The molecule has 0 atom stereocenters. The lowest BCUT2D eigenvalue weighted by Gasteiger charge is -2.18. The predicted octanol–water partition coefficient (Wildman–Crippen LogP) is 2.86. The summed E-state index contributed by atoms with van der Waals surface area (Å²) in [6, 6.07) is 2.08. The maximum atomic E-state index is 5.76. The van der Waals surface area contributed by atoms with Crippen LogP contribution in [0.3, 0.4) is 0 Å². The highest BCUT2D eigenvalue weighted by Gasteiger charge is 2.14. The largest absolute Gasteiger partial charge is 0.383 e. The number of anilines is 1. The monoisotopic (exact) mass is 196 g/mol. The van der Waals surface area contributed by atoms with Crippen molar-refractivity contribution in [1.82, 2.24) is 4.98 Å². The van der Waals surface area contributed by atoms with Crippen LogP contribution in [0.5, 0.6) is 0 Å². The molecule has 1 aromatic heterocycles. The van der Waals surface area contributed by atoms with Gasteiger partial charge in [0.1, 0.15) is 5.82 Å². The van der Waals surface area contributed by atoms with Gasteiger partial charge in [-0.2, -0.15) is 0 Å². The van der Waals surface area contributed by atoms with Crippen molar-refractivity contribution >= 4 is 17.6 Å². The first-order valence-electron chi connectivity index (χ1n) is 4.29. The Morgan fingerprint density at radius 3 is 2.54 bits per heavy atom. The van der Waals surface area contributed by atoms with Crippen molar-refractivity contribution in [2.45, 2.75) is 37.3 Å². The van der Waals surface area contributed by atoms with Crippen LogP contribution < -0.4 is 5.73 Å². The summed E-state index contributed by atoms with van der Waals surface area (Å²) >= 11 is 1.75. The summed E-state index contributed by atoms with van der Waals surface area (Å²) in [7, 11) is 0. The first kappa shape index (κ1) is 10.4. The van der Waals surface area contributed by atoms with E-state index >= 15 is 0 Å². The number of nitrogens with two attached hydrogens (primary N) is 1. The van der Waals surface area contributed by atoms with E-state index in [9.17, 15) is 0 Å². The van der Waals surface area contributed by atoms with E-state index in [0.717, 1.165) is 10.5 Å². The summed E-state index contributed by atoms with van der Waals surface area (Å²) < 4.78 is 0.184. The molecule has 0 unspecified atom stereocenters. The van der Waals surface area contributed by atoms with E-state index in [0.29, 0.717) is 5.82 Å². The van der Waals surface area contributed by atoms with Crippen molar-refractivity contribution in [3.05, 3.63) is 17.8 Å². The summed E-state index contributed by atoms with van der Waals surface area (Å²) in [6.07, 6.45) is 1.79. The zero-order chi connectivity index (χ0) is 10.1. The van der Waals surface area contributed by atoms with Crippen LogP contribution >= 0.6 is 11.8 Å². The van der Waals surface area contributed by atoms with Crippen molar-refractivity contribution in [1.29, 1.82) is 0 Å². The first-order valence-corrected chi connectivity index (χ1v) is 5.11. The molecule has 0 saturated carbocycles. The summed E-state index contributed by atoms with van der Waals surface area (Å²) in [6.45, 7) is 8.53. The Morgan fingerprint density at radius 1 is 1.38 bits per heavy atom. The fourth-order valence-corrected chi connectivity index (χ4v) is 2.03. The van der Waals surface area contributed by atoms with Crippen molar-refractivity contribution in [2.24, 2.45) is 0 Å². The van der Waals surface area contributed by atoms with Gasteiger partial charge in [-0.25, -0.2) is 4.98 Å². The molecule has 0 saturated heterocycles.